The van der Waals surface area contributed by atoms with Gasteiger partial charge in [-0.1, -0.05) is 97.8 Å². The topological polar surface area (TPSA) is 38.7 Å². The van der Waals surface area contributed by atoms with Crippen LogP contribution in [0.15, 0.2) is 0 Å². The summed E-state index contributed by atoms with van der Waals surface area (Å²) in [5.41, 5.74) is 0.435. The molecule has 0 aromatic carbocycles. The first kappa shape index (κ1) is 31.9. The SMILES string of the molecule is CCCCC(CCCC)(CCCC)CCCCCCCCC(C)(C)OC1C(O)CCCC1OC. The van der Waals surface area contributed by atoms with Gasteiger partial charge in [-0.3, -0.25) is 0 Å². The lowest BCUT2D eigenvalue weighted by molar-refractivity contribution is -0.183. The van der Waals surface area contributed by atoms with E-state index in [4.69, 9.17) is 9.47 Å². The Morgan fingerprint density at radius 3 is 1.65 bits per heavy atom. The van der Waals surface area contributed by atoms with Gasteiger partial charge in [-0.25, -0.2) is 0 Å². The van der Waals surface area contributed by atoms with Gasteiger partial charge >= 0.3 is 0 Å². The van der Waals surface area contributed by atoms with E-state index in [-0.39, 0.29) is 17.8 Å². The average Bonchev–Trinajstić information content (AvgIpc) is 2.82. The summed E-state index contributed by atoms with van der Waals surface area (Å²) >= 11 is 0. The summed E-state index contributed by atoms with van der Waals surface area (Å²) < 4.78 is 12.0. The van der Waals surface area contributed by atoms with Crippen LogP contribution in [0.5, 0.6) is 0 Å². The van der Waals surface area contributed by atoms with Crippen molar-refractivity contribution in [2.24, 2.45) is 5.41 Å². The van der Waals surface area contributed by atoms with Gasteiger partial charge in [-0.2, -0.15) is 0 Å². The summed E-state index contributed by atoms with van der Waals surface area (Å²) in [6.07, 6.45) is 25.5. The Hall–Kier alpha value is -0.120. The van der Waals surface area contributed by atoms with Gasteiger partial charge in [-0.05, 0) is 70.6 Å². The maximum Gasteiger partial charge on any atom is 0.110 e. The van der Waals surface area contributed by atoms with E-state index < -0.39 is 6.10 Å². The van der Waals surface area contributed by atoms with Crippen LogP contribution < -0.4 is 0 Å². The summed E-state index contributed by atoms with van der Waals surface area (Å²) in [7, 11) is 1.74. The molecule has 0 aromatic rings. The Bertz CT molecular complexity index is 454. The van der Waals surface area contributed by atoms with Crippen molar-refractivity contribution in [3.8, 4) is 0 Å². The van der Waals surface area contributed by atoms with Crippen molar-refractivity contribution in [1.82, 2.24) is 0 Å². The molecular formula is C31H62O3. The lowest BCUT2D eigenvalue weighted by Gasteiger charge is -2.40. The van der Waals surface area contributed by atoms with Crippen LogP contribution >= 0.6 is 0 Å². The van der Waals surface area contributed by atoms with Crippen molar-refractivity contribution in [2.75, 3.05) is 7.11 Å². The number of aliphatic hydroxyl groups excluding tert-OH is 1. The van der Waals surface area contributed by atoms with Crippen molar-refractivity contribution in [1.29, 1.82) is 0 Å². The maximum atomic E-state index is 10.4. The largest absolute Gasteiger partial charge is 0.390 e. The molecule has 34 heavy (non-hydrogen) atoms. The van der Waals surface area contributed by atoms with E-state index >= 15 is 0 Å². The van der Waals surface area contributed by atoms with Crippen molar-refractivity contribution in [3.63, 3.8) is 0 Å². The monoisotopic (exact) mass is 482 g/mol. The maximum absolute atomic E-state index is 10.4. The molecule has 204 valence electrons. The first-order valence-electron chi connectivity index (χ1n) is 15.2. The molecule has 0 bridgehead atoms. The van der Waals surface area contributed by atoms with Crippen molar-refractivity contribution >= 4 is 0 Å². The number of aliphatic hydroxyl groups is 1. The summed E-state index contributed by atoms with van der Waals surface area (Å²) in [5.74, 6) is 0. The fourth-order valence-corrected chi connectivity index (χ4v) is 6.10. The molecule has 1 N–H and O–H groups in total. The van der Waals surface area contributed by atoms with Crippen LogP contribution in [-0.2, 0) is 9.47 Å². The lowest BCUT2D eigenvalue weighted by Crippen LogP contribution is -2.48. The molecule has 0 aromatic heterocycles. The molecule has 0 saturated heterocycles. The molecule has 0 spiro atoms. The van der Waals surface area contributed by atoms with Crippen LogP contribution in [0.3, 0.4) is 0 Å². The highest BCUT2D eigenvalue weighted by Gasteiger charge is 2.37. The number of rotatable bonds is 21. The van der Waals surface area contributed by atoms with E-state index in [0.29, 0.717) is 5.41 Å². The number of methoxy groups -OCH3 is 1. The second-order valence-electron chi connectivity index (χ2n) is 12.0. The van der Waals surface area contributed by atoms with Crippen molar-refractivity contribution in [2.45, 2.75) is 187 Å². The minimum atomic E-state index is -0.392. The highest BCUT2D eigenvalue weighted by molar-refractivity contribution is 4.86. The Morgan fingerprint density at radius 1 is 0.676 bits per heavy atom. The third-order valence-electron chi connectivity index (χ3n) is 8.41. The van der Waals surface area contributed by atoms with E-state index in [1.807, 2.05) is 0 Å². The first-order valence-corrected chi connectivity index (χ1v) is 15.2. The highest BCUT2D eigenvalue weighted by Crippen LogP contribution is 2.41. The summed E-state index contributed by atoms with van der Waals surface area (Å²) in [6, 6.07) is 0. The predicted octanol–water partition coefficient (Wildman–Crippen LogP) is 9.39. The number of unbranched alkanes of at least 4 members (excludes halogenated alkanes) is 8. The van der Waals surface area contributed by atoms with Crippen LogP contribution in [0.25, 0.3) is 0 Å². The number of ether oxygens (including phenoxy) is 2. The molecule has 1 aliphatic carbocycles. The van der Waals surface area contributed by atoms with Gasteiger partial charge in [0.25, 0.3) is 0 Å². The normalized spacial score (nSPS) is 21.8. The Balaban J connectivity index is 2.31. The van der Waals surface area contributed by atoms with Crippen LogP contribution in [0.4, 0.5) is 0 Å². The zero-order chi connectivity index (χ0) is 25.3. The predicted molar refractivity (Wildman–Crippen MR) is 148 cm³/mol. The molecule has 1 fully saturated rings. The van der Waals surface area contributed by atoms with E-state index in [1.165, 1.54) is 103 Å². The molecular weight excluding hydrogens is 420 g/mol. The van der Waals surface area contributed by atoms with Crippen LogP contribution in [0.1, 0.15) is 163 Å². The van der Waals surface area contributed by atoms with Gasteiger partial charge in [0, 0.05) is 7.11 Å². The number of hydrogen-bond acceptors (Lipinski definition) is 3. The van der Waals surface area contributed by atoms with Crippen LogP contribution in [0.2, 0.25) is 0 Å². The summed E-state index contributed by atoms with van der Waals surface area (Å²) in [6.45, 7) is 11.4. The molecule has 0 aliphatic heterocycles. The molecule has 3 unspecified atom stereocenters. The molecule has 3 nitrogen and oxygen atoms in total. The second kappa shape index (κ2) is 18.2. The summed E-state index contributed by atoms with van der Waals surface area (Å²) in [5, 5.41) is 10.4. The van der Waals surface area contributed by atoms with Crippen molar-refractivity contribution < 1.29 is 14.6 Å². The van der Waals surface area contributed by atoms with E-state index in [2.05, 4.69) is 34.6 Å². The Kier molecular flexibility index (Phi) is 17.1. The van der Waals surface area contributed by atoms with Gasteiger partial charge in [0.2, 0.25) is 0 Å². The fraction of sp³-hybridized carbons (Fsp3) is 1.00. The molecule has 1 aliphatic rings. The third-order valence-corrected chi connectivity index (χ3v) is 8.41. The Morgan fingerprint density at radius 2 is 1.15 bits per heavy atom. The highest BCUT2D eigenvalue weighted by atomic mass is 16.6. The van der Waals surface area contributed by atoms with Gasteiger partial charge in [0.1, 0.15) is 6.10 Å². The zero-order valence-corrected chi connectivity index (χ0v) is 24.1. The quantitative estimate of drug-likeness (QED) is 0.166. The van der Waals surface area contributed by atoms with Gasteiger partial charge in [-0.15, -0.1) is 0 Å². The van der Waals surface area contributed by atoms with Crippen molar-refractivity contribution in [3.05, 3.63) is 0 Å². The smallest absolute Gasteiger partial charge is 0.110 e. The first-order chi connectivity index (χ1) is 16.3. The lowest BCUT2D eigenvalue weighted by atomic mass is 9.71. The van der Waals surface area contributed by atoms with E-state index in [9.17, 15) is 5.11 Å². The third kappa shape index (κ3) is 12.7. The second-order valence-corrected chi connectivity index (χ2v) is 12.0. The van der Waals surface area contributed by atoms with Gasteiger partial charge < -0.3 is 14.6 Å². The average molecular weight is 483 g/mol. The van der Waals surface area contributed by atoms with E-state index in [1.54, 1.807) is 7.11 Å². The molecule has 3 atom stereocenters. The van der Waals surface area contributed by atoms with Gasteiger partial charge in [0.15, 0.2) is 0 Å². The molecule has 3 heteroatoms. The molecule has 1 saturated carbocycles. The zero-order valence-electron chi connectivity index (χ0n) is 24.1. The van der Waals surface area contributed by atoms with E-state index in [0.717, 1.165) is 25.7 Å². The molecule has 1 rings (SSSR count). The summed E-state index contributed by atoms with van der Waals surface area (Å²) in [4.78, 5) is 0. The standard InChI is InChI=1S/C31H62O3/c1-7-10-23-31(24-11-8-2,25-12-9-3)26-18-16-14-13-15-17-22-30(4,5)34-29-27(32)20-19-21-28(29)33-6/h27-29,32H,7-26H2,1-6H3. The molecule has 0 amide bonds. The minimum Gasteiger partial charge on any atom is -0.390 e. The van der Waals surface area contributed by atoms with Gasteiger partial charge in [0.05, 0.1) is 17.8 Å². The van der Waals surface area contributed by atoms with Crippen LogP contribution in [0, 0.1) is 5.41 Å². The Labute approximate surface area is 214 Å². The minimum absolute atomic E-state index is 0.0297. The van der Waals surface area contributed by atoms with Crippen LogP contribution in [-0.4, -0.2) is 36.1 Å². The fourth-order valence-electron chi connectivity index (χ4n) is 6.10. The molecule has 0 heterocycles. The molecule has 0 radical (unpaired) electrons. The number of hydrogen-bond donors (Lipinski definition) is 1.